The predicted molar refractivity (Wildman–Crippen MR) is 35.2 cm³/mol. The molecule has 1 rings (SSSR count). The topological polar surface area (TPSA) is 3.01 Å². The van der Waals surface area contributed by atoms with Gasteiger partial charge in [-0.15, -0.1) is 0 Å². The summed E-state index contributed by atoms with van der Waals surface area (Å²) in [4.78, 5) is 0. The molecule has 0 radical (unpaired) electrons. The summed E-state index contributed by atoms with van der Waals surface area (Å²) < 4.78 is 2.22. The molecule has 0 unspecified atom stereocenters. The van der Waals surface area contributed by atoms with Gasteiger partial charge in [0.1, 0.15) is 6.21 Å². The van der Waals surface area contributed by atoms with Gasteiger partial charge in [0.25, 0.3) is 0 Å². The molecule has 1 heteroatoms. The molecule has 0 fully saturated rings. The van der Waals surface area contributed by atoms with Crippen LogP contribution in [0.5, 0.6) is 0 Å². The number of rotatable bonds is 1. The highest BCUT2D eigenvalue weighted by Gasteiger charge is 2.07. The summed E-state index contributed by atoms with van der Waals surface area (Å²) in [7, 11) is 0. The maximum absolute atomic E-state index is 2.22. The molecular weight excluding hydrogens is 98.1 g/mol. The minimum Gasteiger partial charge on any atom is -0.207 e. The first-order valence-electron chi connectivity index (χ1n) is 3.08. The second-order valence-corrected chi connectivity index (χ2v) is 2.34. The fraction of sp³-hybridized carbons (Fsp3) is 0.571. The van der Waals surface area contributed by atoms with Crippen LogP contribution in [0.2, 0.25) is 0 Å². The molecule has 0 N–H and O–H groups in total. The highest BCUT2D eigenvalue weighted by atomic mass is 15.0. The molecule has 0 aromatic carbocycles. The van der Waals surface area contributed by atoms with Gasteiger partial charge in [-0.25, -0.2) is 4.58 Å². The molecule has 0 spiro atoms. The van der Waals surface area contributed by atoms with Gasteiger partial charge in [0.2, 0.25) is 0 Å². The molecule has 0 saturated heterocycles. The largest absolute Gasteiger partial charge is 0.207 e. The van der Waals surface area contributed by atoms with E-state index in [1.54, 1.807) is 0 Å². The Morgan fingerprint density at radius 3 is 2.50 bits per heavy atom. The quantitative estimate of drug-likeness (QED) is 0.449. The van der Waals surface area contributed by atoms with Crippen molar-refractivity contribution in [2.45, 2.75) is 26.3 Å². The van der Waals surface area contributed by atoms with E-state index in [2.05, 4.69) is 36.9 Å². The first kappa shape index (κ1) is 5.54. The molecule has 1 aliphatic rings. The van der Waals surface area contributed by atoms with Crippen LogP contribution < -0.4 is 0 Å². The fourth-order valence-corrected chi connectivity index (χ4v) is 0.809. The molecule has 0 aromatic heterocycles. The lowest BCUT2D eigenvalue weighted by Gasteiger charge is -1.94. The van der Waals surface area contributed by atoms with Crippen LogP contribution in [0.15, 0.2) is 12.3 Å². The van der Waals surface area contributed by atoms with Crippen LogP contribution in [0.25, 0.3) is 0 Å². The SMILES string of the molecule is CC(C)[N+]1=CCC=C1. The molecule has 0 aliphatic carbocycles. The molecular formula is C7H12N+. The van der Waals surface area contributed by atoms with Gasteiger partial charge in [-0.1, -0.05) is 0 Å². The first-order chi connectivity index (χ1) is 3.80. The van der Waals surface area contributed by atoms with Crippen molar-refractivity contribution in [3.8, 4) is 0 Å². The van der Waals surface area contributed by atoms with Crippen molar-refractivity contribution in [3.63, 3.8) is 0 Å². The number of allylic oxidation sites excluding steroid dienone is 1. The summed E-state index contributed by atoms with van der Waals surface area (Å²) in [5.41, 5.74) is 0. The molecule has 0 atom stereocenters. The summed E-state index contributed by atoms with van der Waals surface area (Å²) in [5.74, 6) is 0. The monoisotopic (exact) mass is 110 g/mol. The van der Waals surface area contributed by atoms with Crippen molar-refractivity contribution in [1.29, 1.82) is 0 Å². The number of nitrogens with zero attached hydrogens (tertiary/aromatic N) is 1. The Hall–Kier alpha value is -0.590. The fourth-order valence-electron chi connectivity index (χ4n) is 0.809. The Balaban J connectivity index is 2.58. The van der Waals surface area contributed by atoms with E-state index in [4.69, 9.17) is 0 Å². The van der Waals surface area contributed by atoms with Crippen molar-refractivity contribution in [3.05, 3.63) is 12.3 Å². The van der Waals surface area contributed by atoms with E-state index < -0.39 is 0 Å². The minimum atomic E-state index is 0.633. The van der Waals surface area contributed by atoms with Gasteiger partial charge in [0.15, 0.2) is 12.2 Å². The van der Waals surface area contributed by atoms with Crippen LogP contribution in [0.1, 0.15) is 20.3 Å². The smallest absolute Gasteiger partial charge is 0.165 e. The van der Waals surface area contributed by atoms with E-state index in [0.717, 1.165) is 6.42 Å². The van der Waals surface area contributed by atoms with Crippen molar-refractivity contribution >= 4 is 6.21 Å². The molecule has 1 nitrogen and oxygen atoms in total. The average molecular weight is 110 g/mol. The lowest BCUT2D eigenvalue weighted by Crippen LogP contribution is -2.12. The van der Waals surface area contributed by atoms with Crippen LogP contribution in [-0.2, 0) is 0 Å². The third-order valence-corrected chi connectivity index (χ3v) is 1.33. The highest BCUT2D eigenvalue weighted by molar-refractivity contribution is 5.55. The van der Waals surface area contributed by atoms with Gasteiger partial charge in [-0.05, 0) is 19.9 Å². The van der Waals surface area contributed by atoms with Crippen LogP contribution in [-0.4, -0.2) is 16.8 Å². The number of hydrogen-bond donors (Lipinski definition) is 0. The molecule has 0 bridgehead atoms. The van der Waals surface area contributed by atoms with E-state index in [1.807, 2.05) is 0 Å². The van der Waals surface area contributed by atoms with Crippen molar-refractivity contribution < 1.29 is 4.58 Å². The summed E-state index contributed by atoms with van der Waals surface area (Å²) in [6.45, 7) is 4.37. The molecule has 44 valence electrons. The van der Waals surface area contributed by atoms with Gasteiger partial charge >= 0.3 is 0 Å². The lowest BCUT2D eigenvalue weighted by molar-refractivity contribution is -0.484. The zero-order valence-corrected chi connectivity index (χ0v) is 5.46. The standard InChI is InChI=1S/C7H12N/c1-7(2)8-5-3-4-6-8/h3,5-7H,4H2,1-2H3/q+1. The molecule has 0 saturated carbocycles. The van der Waals surface area contributed by atoms with E-state index in [1.165, 1.54) is 0 Å². The second-order valence-electron chi connectivity index (χ2n) is 2.34. The van der Waals surface area contributed by atoms with E-state index >= 15 is 0 Å². The predicted octanol–water partition coefficient (Wildman–Crippen LogP) is 1.40. The Kier molecular flexibility index (Phi) is 1.47. The van der Waals surface area contributed by atoms with E-state index in [9.17, 15) is 0 Å². The summed E-state index contributed by atoms with van der Waals surface area (Å²) in [5, 5.41) is 0. The Labute approximate surface area is 50.3 Å². The maximum Gasteiger partial charge on any atom is 0.165 e. The van der Waals surface area contributed by atoms with Gasteiger partial charge in [0, 0.05) is 6.42 Å². The molecule has 1 heterocycles. The van der Waals surface area contributed by atoms with Crippen LogP contribution in [0, 0.1) is 0 Å². The molecule has 8 heavy (non-hydrogen) atoms. The Morgan fingerprint density at radius 1 is 1.50 bits per heavy atom. The van der Waals surface area contributed by atoms with Crippen molar-refractivity contribution in [2.75, 3.05) is 0 Å². The van der Waals surface area contributed by atoms with Crippen LogP contribution in [0.3, 0.4) is 0 Å². The van der Waals surface area contributed by atoms with Gasteiger partial charge in [-0.2, -0.15) is 0 Å². The zero-order chi connectivity index (χ0) is 5.98. The van der Waals surface area contributed by atoms with Crippen LogP contribution >= 0.6 is 0 Å². The summed E-state index contributed by atoms with van der Waals surface area (Å²) in [6.07, 6.45) is 7.60. The van der Waals surface area contributed by atoms with E-state index in [0.29, 0.717) is 6.04 Å². The Morgan fingerprint density at radius 2 is 2.25 bits per heavy atom. The van der Waals surface area contributed by atoms with Crippen molar-refractivity contribution in [1.82, 2.24) is 0 Å². The minimum absolute atomic E-state index is 0.633. The molecule has 1 aliphatic heterocycles. The Bertz CT molecular complexity index is 131. The van der Waals surface area contributed by atoms with Crippen LogP contribution in [0.4, 0.5) is 0 Å². The van der Waals surface area contributed by atoms with Crippen molar-refractivity contribution in [2.24, 2.45) is 0 Å². The van der Waals surface area contributed by atoms with E-state index in [-0.39, 0.29) is 0 Å². The summed E-state index contributed by atoms with van der Waals surface area (Å²) >= 11 is 0. The third-order valence-electron chi connectivity index (χ3n) is 1.33. The second kappa shape index (κ2) is 2.12. The first-order valence-corrected chi connectivity index (χ1v) is 3.08. The van der Waals surface area contributed by atoms with Gasteiger partial charge in [-0.3, -0.25) is 0 Å². The third kappa shape index (κ3) is 0.971. The average Bonchev–Trinajstić information content (AvgIpc) is 2.12. The van der Waals surface area contributed by atoms with Gasteiger partial charge < -0.3 is 0 Å². The summed E-state index contributed by atoms with van der Waals surface area (Å²) in [6, 6.07) is 0.633. The zero-order valence-electron chi connectivity index (χ0n) is 5.46. The molecule has 0 amide bonds. The molecule has 0 aromatic rings. The van der Waals surface area contributed by atoms with Gasteiger partial charge in [0.05, 0.1) is 0 Å². The maximum atomic E-state index is 2.22. The number of hydrogen-bond acceptors (Lipinski definition) is 0. The highest BCUT2D eigenvalue weighted by Crippen LogP contribution is 1.96. The normalized spacial score (nSPS) is 17.6. The lowest BCUT2D eigenvalue weighted by atomic mass is 10.4.